The van der Waals surface area contributed by atoms with Crippen LogP contribution in [0.3, 0.4) is 0 Å². The highest BCUT2D eigenvalue weighted by Crippen LogP contribution is 2.42. The zero-order chi connectivity index (χ0) is 16.8. The SMILES string of the molecule is COc1c(C)cc(C)cc1[Si](C)(C)C1=C(C)C(C)=C(C)C1C. The molecule has 0 spiro atoms. The van der Waals surface area contributed by atoms with Crippen LogP contribution in [0.1, 0.15) is 38.8 Å². The largest absolute Gasteiger partial charge is 0.497 e. The smallest absolute Gasteiger partial charge is 0.121 e. The summed E-state index contributed by atoms with van der Waals surface area (Å²) in [4.78, 5) is 0. The van der Waals surface area contributed by atoms with Gasteiger partial charge in [-0.3, -0.25) is 0 Å². The average Bonchev–Trinajstić information content (AvgIpc) is 2.62. The summed E-state index contributed by atoms with van der Waals surface area (Å²) in [5, 5.41) is 3.11. The van der Waals surface area contributed by atoms with E-state index in [0.717, 1.165) is 5.75 Å². The summed E-state index contributed by atoms with van der Waals surface area (Å²) in [6.45, 7) is 18.5. The Bertz CT molecular complexity index is 677. The highest BCUT2D eigenvalue weighted by Gasteiger charge is 2.39. The third-order valence-corrected chi connectivity index (χ3v) is 9.48. The van der Waals surface area contributed by atoms with Gasteiger partial charge < -0.3 is 4.74 Å². The first kappa shape index (κ1) is 17.1. The molecule has 2 heteroatoms. The molecule has 0 radical (unpaired) electrons. The third kappa shape index (κ3) is 2.48. The van der Waals surface area contributed by atoms with Gasteiger partial charge in [0.1, 0.15) is 13.8 Å². The number of benzene rings is 1. The minimum Gasteiger partial charge on any atom is -0.497 e. The monoisotopic (exact) mass is 314 g/mol. The Balaban J connectivity index is 2.68. The highest BCUT2D eigenvalue weighted by molar-refractivity contribution is 6.96. The average molecular weight is 315 g/mol. The Labute approximate surface area is 137 Å². The highest BCUT2D eigenvalue weighted by atomic mass is 28.3. The summed E-state index contributed by atoms with van der Waals surface area (Å²) in [5.74, 6) is 1.66. The Hall–Kier alpha value is -1.28. The normalized spacial score (nSPS) is 19.2. The van der Waals surface area contributed by atoms with Crippen molar-refractivity contribution in [1.82, 2.24) is 0 Å². The molecule has 0 saturated carbocycles. The van der Waals surface area contributed by atoms with Crippen LogP contribution in [-0.2, 0) is 0 Å². The van der Waals surface area contributed by atoms with Gasteiger partial charge in [0.2, 0.25) is 0 Å². The molecular formula is C20H30OSi. The van der Waals surface area contributed by atoms with E-state index in [-0.39, 0.29) is 0 Å². The van der Waals surface area contributed by atoms with Gasteiger partial charge in [0.15, 0.2) is 0 Å². The molecule has 0 fully saturated rings. The molecule has 0 saturated heterocycles. The molecule has 22 heavy (non-hydrogen) atoms. The third-order valence-electron chi connectivity index (χ3n) is 5.61. The molecule has 1 aliphatic carbocycles. The number of hydrogen-bond acceptors (Lipinski definition) is 1. The number of ether oxygens (including phenoxy) is 1. The van der Waals surface area contributed by atoms with E-state index in [1.165, 1.54) is 33.0 Å². The molecule has 120 valence electrons. The zero-order valence-electron chi connectivity index (χ0n) is 15.6. The Morgan fingerprint density at radius 3 is 2.00 bits per heavy atom. The molecule has 1 unspecified atom stereocenters. The van der Waals surface area contributed by atoms with Crippen LogP contribution in [0.2, 0.25) is 13.1 Å². The maximum absolute atomic E-state index is 5.80. The minimum absolute atomic E-state index is 0.562. The van der Waals surface area contributed by atoms with Crippen molar-refractivity contribution < 1.29 is 4.74 Å². The molecule has 1 aromatic carbocycles. The molecule has 1 aliphatic rings. The summed E-state index contributed by atoms with van der Waals surface area (Å²) < 4.78 is 5.80. The molecule has 0 bridgehead atoms. The van der Waals surface area contributed by atoms with Crippen LogP contribution in [0.4, 0.5) is 0 Å². The van der Waals surface area contributed by atoms with Crippen LogP contribution in [0.25, 0.3) is 0 Å². The van der Waals surface area contributed by atoms with Gasteiger partial charge in [-0.2, -0.15) is 0 Å². The van der Waals surface area contributed by atoms with E-state index in [4.69, 9.17) is 4.74 Å². The van der Waals surface area contributed by atoms with E-state index in [1.807, 2.05) is 0 Å². The van der Waals surface area contributed by atoms with Crippen LogP contribution >= 0.6 is 0 Å². The quantitative estimate of drug-likeness (QED) is 0.708. The summed E-state index contributed by atoms with van der Waals surface area (Å²) >= 11 is 0. The van der Waals surface area contributed by atoms with Gasteiger partial charge in [-0.1, -0.05) is 54.1 Å². The molecule has 0 aromatic heterocycles. The number of methoxy groups -OCH3 is 1. The van der Waals surface area contributed by atoms with E-state index in [2.05, 4.69) is 66.8 Å². The van der Waals surface area contributed by atoms with Crippen molar-refractivity contribution in [2.24, 2.45) is 5.92 Å². The molecule has 1 aromatic rings. The summed E-state index contributed by atoms with van der Waals surface area (Å²) in [5.41, 5.74) is 7.13. The molecular weight excluding hydrogens is 284 g/mol. The molecule has 1 atom stereocenters. The Kier molecular flexibility index (Phi) is 4.45. The van der Waals surface area contributed by atoms with E-state index >= 15 is 0 Å². The molecule has 0 amide bonds. The minimum atomic E-state index is -1.77. The van der Waals surface area contributed by atoms with Crippen molar-refractivity contribution in [3.8, 4) is 5.75 Å². The second kappa shape index (κ2) is 5.73. The van der Waals surface area contributed by atoms with Crippen molar-refractivity contribution in [2.45, 2.75) is 54.6 Å². The predicted octanol–water partition coefficient (Wildman–Crippen LogP) is 5.07. The van der Waals surface area contributed by atoms with Crippen molar-refractivity contribution in [2.75, 3.05) is 7.11 Å². The lowest BCUT2D eigenvalue weighted by molar-refractivity contribution is 0.414. The van der Waals surface area contributed by atoms with E-state index in [9.17, 15) is 0 Å². The first-order chi connectivity index (χ1) is 10.1. The number of rotatable bonds is 3. The summed E-state index contributed by atoms with van der Waals surface area (Å²) in [6.07, 6.45) is 0. The number of hydrogen-bond donors (Lipinski definition) is 0. The lowest BCUT2D eigenvalue weighted by Gasteiger charge is -2.32. The van der Waals surface area contributed by atoms with Crippen LogP contribution in [0, 0.1) is 19.8 Å². The van der Waals surface area contributed by atoms with Gasteiger partial charge >= 0.3 is 0 Å². The van der Waals surface area contributed by atoms with Crippen molar-refractivity contribution >= 4 is 13.3 Å². The molecule has 0 aliphatic heterocycles. The van der Waals surface area contributed by atoms with Crippen LogP contribution in [0.5, 0.6) is 5.75 Å². The standard InChI is InChI=1S/C20H30OSi/c1-12-10-13(2)19(21-7)18(11-12)22(8,9)20-16(5)14(3)15(4)17(20)6/h10-11,16H,1-9H3. The second-order valence-electron chi connectivity index (χ2n) is 7.36. The maximum Gasteiger partial charge on any atom is 0.121 e. The zero-order valence-corrected chi connectivity index (χ0v) is 16.6. The van der Waals surface area contributed by atoms with E-state index in [0.29, 0.717) is 5.92 Å². The van der Waals surface area contributed by atoms with E-state index < -0.39 is 8.07 Å². The Morgan fingerprint density at radius 1 is 0.955 bits per heavy atom. The predicted molar refractivity (Wildman–Crippen MR) is 99.8 cm³/mol. The van der Waals surface area contributed by atoms with Crippen molar-refractivity contribution in [3.63, 3.8) is 0 Å². The van der Waals surface area contributed by atoms with Crippen molar-refractivity contribution in [3.05, 3.63) is 45.2 Å². The fourth-order valence-electron chi connectivity index (χ4n) is 4.21. The fourth-order valence-corrected chi connectivity index (χ4v) is 8.38. The first-order valence-corrected chi connectivity index (χ1v) is 11.2. The summed E-state index contributed by atoms with van der Waals surface area (Å²) in [7, 11) is 0.0338. The molecule has 1 nitrogen and oxygen atoms in total. The number of allylic oxidation sites excluding steroid dienone is 4. The number of aryl methyl sites for hydroxylation is 2. The Morgan fingerprint density at radius 2 is 1.55 bits per heavy atom. The lowest BCUT2D eigenvalue weighted by atomic mass is 10.1. The molecule has 0 N–H and O–H groups in total. The van der Waals surface area contributed by atoms with Gasteiger partial charge in [0.25, 0.3) is 0 Å². The van der Waals surface area contributed by atoms with Gasteiger partial charge in [-0.25, -0.2) is 0 Å². The second-order valence-corrected chi connectivity index (χ2v) is 11.7. The van der Waals surface area contributed by atoms with Crippen LogP contribution in [0.15, 0.2) is 34.0 Å². The topological polar surface area (TPSA) is 9.23 Å². The lowest BCUT2D eigenvalue weighted by Crippen LogP contribution is -2.46. The van der Waals surface area contributed by atoms with Crippen molar-refractivity contribution in [1.29, 1.82) is 0 Å². The summed E-state index contributed by atoms with van der Waals surface area (Å²) in [6, 6.07) is 4.58. The fraction of sp³-hybridized carbons (Fsp3) is 0.500. The first-order valence-electron chi connectivity index (χ1n) is 8.17. The molecule has 0 heterocycles. The van der Waals surface area contributed by atoms with Gasteiger partial charge in [0.05, 0.1) is 7.11 Å². The maximum atomic E-state index is 5.80. The van der Waals surface area contributed by atoms with E-state index in [1.54, 1.807) is 12.3 Å². The van der Waals surface area contributed by atoms with Gasteiger partial charge in [-0.05, 0) is 56.9 Å². The van der Waals surface area contributed by atoms with Gasteiger partial charge in [0, 0.05) is 0 Å². The van der Waals surface area contributed by atoms with Crippen LogP contribution < -0.4 is 9.92 Å². The van der Waals surface area contributed by atoms with Crippen LogP contribution in [-0.4, -0.2) is 15.2 Å². The molecule has 2 rings (SSSR count). The van der Waals surface area contributed by atoms with Gasteiger partial charge in [-0.15, -0.1) is 0 Å².